The Kier molecular flexibility index (Phi) is 14.5. The highest BCUT2D eigenvalue weighted by atomic mass is 16.6. The molecule has 254 valence electrons. The SMILES string of the molecule is CC(C)(C)OC(=O)NCCOCCOCCOCCOCCOCC(=O)Nc1ccc2c(c1)C(=O)N(C1CCC(=O)NC1=O)C2=O. The van der Waals surface area contributed by atoms with Crippen LogP contribution >= 0.6 is 0 Å². The molecule has 3 N–H and O–H groups in total. The van der Waals surface area contributed by atoms with Crippen molar-refractivity contribution >= 4 is 41.3 Å². The van der Waals surface area contributed by atoms with Crippen molar-refractivity contribution in [2.45, 2.75) is 45.3 Å². The molecule has 2 aliphatic heterocycles. The molecular formula is C30H42N4O12. The van der Waals surface area contributed by atoms with Gasteiger partial charge in [0.2, 0.25) is 17.7 Å². The van der Waals surface area contributed by atoms with Gasteiger partial charge in [-0.05, 0) is 45.4 Å². The molecule has 0 spiro atoms. The number of hydrogen-bond acceptors (Lipinski definition) is 12. The fourth-order valence-corrected chi connectivity index (χ4v) is 4.33. The lowest BCUT2D eigenvalue weighted by atomic mass is 10.0. The number of fused-ring (bicyclic) bond motifs is 1. The van der Waals surface area contributed by atoms with E-state index < -0.39 is 47.3 Å². The Morgan fingerprint density at radius 1 is 0.826 bits per heavy atom. The highest BCUT2D eigenvalue weighted by Crippen LogP contribution is 2.29. The van der Waals surface area contributed by atoms with Crippen molar-refractivity contribution in [3.63, 3.8) is 0 Å². The molecule has 1 fully saturated rings. The standard InChI is InChI=1S/C30H42N4O12/c1-30(2,3)46-29(40)31-8-9-41-10-11-42-12-13-43-14-15-44-16-17-45-19-25(36)32-20-4-5-21-22(18-20)28(39)34(27(21)38)23-6-7-24(35)33-26(23)37/h4-5,18,23H,6-17,19H2,1-3H3,(H,31,40)(H,32,36)(H,33,35,37). The summed E-state index contributed by atoms with van der Waals surface area (Å²) in [6.45, 7) is 8.48. The molecule has 0 aromatic heterocycles. The molecule has 0 bridgehead atoms. The third-order valence-electron chi connectivity index (χ3n) is 6.36. The molecule has 0 aliphatic carbocycles. The quantitative estimate of drug-likeness (QED) is 0.140. The molecule has 1 unspecified atom stereocenters. The predicted molar refractivity (Wildman–Crippen MR) is 160 cm³/mol. The van der Waals surface area contributed by atoms with E-state index >= 15 is 0 Å². The highest BCUT2D eigenvalue weighted by Gasteiger charge is 2.44. The number of carbonyl (C=O) groups is 6. The number of rotatable bonds is 19. The van der Waals surface area contributed by atoms with E-state index in [4.69, 9.17) is 28.4 Å². The maximum atomic E-state index is 12.9. The molecule has 1 saturated heterocycles. The summed E-state index contributed by atoms with van der Waals surface area (Å²) in [7, 11) is 0. The fourth-order valence-electron chi connectivity index (χ4n) is 4.33. The van der Waals surface area contributed by atoms with Crippen LogP contribution in [-0.2, 0) is 42.8 Å². The second-order valence-corrected chi connectivity index (χ2v) is 11.2. The highest BCUT2D eigenvalue weighted by molar-refractivity contribution is 6.23. The molecule has 0 saturated carbocycles. The predicted octanol–water partition coefficient (Wildman–Crippen LogP) is 0.634. The van der Waals surface area contributed by atoms with Gasteiger partial charge in [0.05, 0.1) is 70.6 Å². The van der Waals surface area contributed by atoms with E-state index in [1.54, 1.807) is 20.8 Å². The molecule has 0 radical (unpaired) electrons. The number of alkyl carbamates (subject to hydrolysis) is 1. The average molecular weight is 651 g/mol. The number of piperidine rings is 1. The van der Waals surface area contributed by atoms with Crippen molar-refractivity contribution in [1.29, 1.82) is 0 Å². The first-order valence-corrected chi connectivity index (χ1v) is 15.0. The Balaban J connectivity index is 1.16. The summed E-state index contributed by atoms with van der Waals surface area (Å²) in [4.78, 5) is 73.9. The average Bonchev–Trinajstić information content (AvgIpc) is 3.22. The van der Waals surface area contributed by atoms with Gasteiger partial charge in [-0.25, -0.2) is 4.79 Å². The number of anilines is 1. The molecule has 46 heavy (non-hydrogen) atoms. The van der Waals surface area contributed by atoms with Crippen molar-refractivity contribution in [2.75, 3.05) is 77.9 Å². The topological polar surface area (TPSA) is 197 Å². The lowest BCUT2D eigenvalue weighted by Crippen LogP contribution is -2.54. The number of amides is 6. The molecule has 16 heteroatoms. The number of nitrogens with zero attached hydrogens (tertiary/aromatic N) is 1. The number of benzene rings is 1. The van der Waals surface area contributed by atoms with E-state index in [0.29, 0.717) is 52.8 Å². The molecule has 1 aromatic carbocycles. The van der Waals surface area contributed by atoms with Crippen molar-refractivity contribution in [2.24, 2.45) is 0 Å². The Labute approximate surface area is 266 Å². The summed E-state index contributed by atoms with van der Waals surface area (Å²) in [5, 5.41) is 7.35. The van der Waals surface area contributed by atoms with E-state index in [1.807, 2.05) is 0 Å². The van der Waals surface area contributed by atoms with Crippen molar-refractivity contribution in [3.05, 3.63) is 29.3 Å². The van der Waals surface area contributed by atoms with Crippen molar-refractivity contribution in [3.8, 4) is 0 Å². The van der Waals surface area contributed by atoms with E-state index in [1.165, 1.54) is 18.2 Å². The molecule has 6 amide bonds. The zero-order valence-corrected chi connectivity index (χ0v) is 26.3. The van der Waals surface area contributed by atoms with Gasteiger partial charge in [-0.2, -0.15) is 0 Å². The molecule has 3 rings (SSSR count). The van der Waals surface area contributed by atoms with E-state index in [0.717, 1.165) is 4.90 Å². The summed E-state index contributed by atoms with van der Waals surface area (Å²) in [5.41, 5.74) is -0.0762. The first-order chi connectivity index (χ1) is 22.0. The van der Waals surface area contributed by atoms with Crippen LogP contribution in [0.2, 0.25) is 0 Å². The first kappa shape index (κ1) is 36.5. The smallest absolute Gasteiger partial charge is 0.407 e. The van der Waals surface area contributed by atoms with Gasteiger partial charge in [-0.1, -0.05) is 0 Å². The van der Waals surface area contributed by atoms with Crippen LogP contribution in [0.1, 0.15) is 54.3 Å². The van der Waals surface area contributed by atoms with Crippen LogP contribution in [0.3, 0.4) is 0 Å². The van der Waals surface area contributed by atoms with Crippen molar-refractivity contribution in [1.82, 2.24) is 15.5 Å². The number of imide groups is 2. The molecule has 2 aliphatic rings. The number of carbonyl (C=O) groups excluding carboxylic acids is 6. The molecule has 16 nitrogen and oxygen atoms in total. The van der Waals surface area contributed by atoms with E-state index in [9.17, 15) is 28.8 Å². The number of nitrogens with one attached hydrogen (secondary N) is 3. The Morgan fingerprint density at radius 2 is 1.39 bits per heavy atom. The molecule has 1 aromatic rings. The maximum Gasteiger partial charge on any atom is 0.407 e. The zero-order valence-electron chi connectivity index (χ0n) is 26.3. The number of hydrogen-bond donors (Lipinski definition) is 3. The Hall–Kier alpha value is -3.96. The summed E-state index contributed by atoms with van der Waals surface area (Å²) in [6, 6.07) is 3.19. The first-order valence-electron chi connectivity index (χ1n) is 15.0. The molecular weight excluding hydrogens is 608 g/mol. The van der Waals surface area contributed by atoms with Gasteiger partial charge in [0.25, 0.3) is 11.8 Å². The third-order valence-corrected chi connectivity index (χ3v) is 6.36. The normalized spacial score (nSPS) is 16.3. The monoisotopic (exact) mass is 650 g/mol. The lowest BCUT2D eigenvalue weighted by molar-refractivity contribution is -0.136. The second kappa shape index (κ2) is 18.3. The van der Waals surface area contributed by atoms with Gasteiger partial charge in [0, 0.05) is 18.7 Å². The largest absolute Gasteiger partial charge is 0.444 e. The van der Waals surface area contributed by atoms with Crippen LogP contribution in [0.4, 0.5) is 10.5 Å². The van der Waals surface area contributed by atoms with Crippen LogP contribution in [0, 0.1) is 0 Å². The fraction of sp³-hybridized carbons (Fsp3) is 0.600. The van der Waals surface area contributed by atoms with Gasteiger partial charge in [0.15, 0.2) is 0 Å². The summed E-state index contributed by atoms with van der Waals surface area (Å²) < 4.78 is 32.0. The third kappa shape index (κ3) is 12.1. The van der Waals surface area contributed by atoms with Gasteiger partial charge < -0.3 is 39.1 Å². The second-order valence-electron chi connectivity index (χ2n) is 11.2. The minimum atomic E-state index is -1.07. The maximum absolute atomic E-state index is 12.9. The molecule has 1 atom stereocenters. The van der Waals surface area contributed by atoms with Crippen molar-refractivity contribution < 1.29 is 57.2 Å². The lowest BCUT2D eigenvalue weighted by Gasteiger charge is -2.27. The minimum Gasteiger partial charge on any atom is -0.444 e. The number of ether oxygens (including phenoxy) is 6. The van der Waals surface area contributed by atoms with Gasteiger partial charge >= 0.3 is 6.09 Å². The van der Waals surface area contributed by atoms with Crippen LogP contribution in [-0.4, -0.2) is 125 Å². The summed E-state index contributed by atoms with van der Waals surface area (Å²) >= 11 is 0. The van der Waals surface area contributed by atoms with Gasteiger partial charge in [0.1, 0.15) is 18.2 Å². The summed E-state index contributed by atoms with van der Waals surface area (Å²) in [6.07, 6.45) is -0.403. The summed E-state index contributed by atoms with van der Waals surface area (Å²) in [5.74, 6) is -2.90. The Morgan fingerprint density at radius 3 is 1.98 bits per heavy atom. The minimum absolute atomic E-state index is 0.0258. The van der Waals surface area contributed by atoms with Crippen LogP contribution in [0.5, 0.6) is 0 Å². The van der Waals surface area contributed by atoms with Crippen LogP contribution in [0.25, 0.3) is 0 Å². The molecule has 2 heterocycles. The van der Waals surface area contributed by atoms with Crippen LogP contribution in [0.15, 0.2) is 18.2 Å². The van der Waals surface area contributed by atoms with Gasteiger partial charge in [-0.3, -0.25) is 34.2 Å². The van der Waals surface area contributed by atoms with Crippen LogP contribution < -0.4 is 16.0 Å². The zero-order chi connectivity index (χ0) is 33.5. The van der Waals surface area contributed by atoms with E-state index in [-0.39, 0.29) is 49.5 Å². The van der Waals surface area contributed by atoms with Gasteiger partial charge in [-0.15, -0.1) is 0 Å². The Bertz CT molecular complexity index is 1250. The van der Waals surface area contributed by atoms with E-state index in [2.05, 4.69) is 16.0 Å².